The van der Waals surface area contributed by atoms with Gasteiger partial charge in [-0.3, -0.25) is 10.2 Å². The highest BCUT2D eigenvalue weighted by Gasteiger charge is 2.25. The van der Waals surface area contributed by atoms with Crippen molar-refractivity contribution in [3.63, 3.8) is 0 Å². The zero-order valence-corrected chi connectivity index (χ0v) is 13.9. The number of hydrogen-bond acceptors (Lipinski definition) is 3. The molecule has 0 aromatic carbocycles. The van der Waals surface area contributed by atoms with E-state index in [1.165, 1.54) is 32.2 Å². The Kier molecular flexibility index (Phi) is 7.55. The molecule has 1 heterocycles. The summed E-state index contributed by atoms with van der Waals surface area (Å²) in [4.78, 5) is 2.66. The summed E-state index contributed by atoms with van der Waals surface area (Å²) in [6, 6.07) is 3.92. The fourth-order valence-corrected chi connectivity index (χ4v) is 3.27. The van der Waals surface area contributed by atoms with Crippen LogP contribution < -0.4 is 5.32 Å². The summed E-state index contributed by atoms with van der Waals surface area (Å²) in [7, 11) is 0. The Hall–Kier alpha value is -0.590. The van der Waals surface area contributed by atoms with Crippen molar-refractivity contribution in [3.8, 4) is 6.07 Å². The molecule has 0 aliphatic carbocycles. The van der Waals surface area contributed by atoms with Crippen molar-refractivity contribution in [1.82, 2.24) is 10.2 Å². The van der Waals surface area contributed by atoms with Crippen molar-refractivity contribution in [1.29, 1.82) is 5.26 Å². The van der Waals surface area contributed by atoms with Crippen molar-refractivity contribution >= 4 is 0 Å². The van der Waals surface area contributed by atoms with Gasteiger partial charge >= 0.3 is 0 Å². The number of rotatable bonds is 8. The third kappa shape index (κ3) is 5.42. The van der Waals surface area contributed by atoms with Gasteiger partial charge in [0.05, 0.1) is 6.07 Å². The Morgan fingerprint density at radius 2 is 1.90 bits per heavy atom. The van der Waals surface area contributed by atoms with Gasteiger partial charge in [0.2, 0.25) is 0 Å². The van der Waals surface area contributed by atoms with Gasteiger partial charge in [-0.05, 0) is 72.4 Å². The molecule has 0 spiro atoms. The van der Waals surface area contributed by atoms with Crippen molar-refractivity contribution in [2.75, 3.05) is 13.1 Å². The maximum atomic E-state index is 9.32. The molecule has 116 valence electrons. The fourth-order valence-electron chi connectivity index (χ4n) is 3.27. The summed E-state index contributed by atoms with van der Waals surface area (Å²) in [6.45, 7) is 11.0. The lowest BCUT2D eigenvalue weighted by molar-refractivity contribution is 0.101. The smallest absolute Gasteiger partial charge is 0.103 e. The molecule has 0 bridgehead atoms. The van der Waals surface area contributed by atoms with E-state index in [1.807, 2.05) is 6.92 Å². The van der Waals surface area contributed by atoms with Crippen LogP contribution in [0.2, 0.25) is 0 Å². The average Bonchev–Trinajstić information content (AvgIpc) is 2.44. The summed E-state index contributed by atoms with van der Waals surface area (Å²) >= 11 is 0. The Balaban J connectivity index is 2.28. The minimum absolute atomic E-state index is 0.338. The molecular formula is C17H33N3. The van der Waals surface area contributed by atoms with Gasteiger partial charge in [0.1, 0.15) is 5.54 Å². The standard InChI is InChI=1S/C17H33N3/c1-5-12-19-17(4,14-18)11-6-7-13-20-15(2)9-8-10-16(20)3/h15-16,19H,5-13H2,1-4H3. The molecule has 3 nitrogen and oxygen atoms in total. The second kappa shape index (κ2) is 8.64. The maximum Gasteiger partial charge on any atom is 0.103 e. The summed E-state index contributed by atoms with van der Waals surface area (Å²) in [6.07, 6.45) is 8.46. The molecule has 3 atom stereocenters. The molecule has 1 aliphatic rings. The van der Waals surface area contributed by atoms with E-state index in [2.05, 4.69) is 37.1 Å². The molecule has 3 unspecified atom stereocenters. The number of piperidine rings is 1. The van der Waals surface area contributed by atoms with E-state index in [0.717, 1.165) is 37.9 Å². The van der Waals surface area contributed by atoms with Crippen LogP contribution in [-0.4, -0.2) is 35.6 Å². The second-order valence-corrected chi connectivity index (χ2v) is 6.69. The normalized spacial score (nSPS) is 26.9. The Morgan fingerprint density at radius 3 is 2.45 bits per heavy atom. The Morgan fingerprint density at radius 1 is 1.25 bits per heavy atom. The first-order valence-corrected chi connectivity index (χ1v) is 8.44. The highest BCUT2D eigenvalue weighted by molar-refractivity contribution is 5.03. The van der Waals surface area contributed by atoms with Gasteiger partial charge in [-0.1, -0.05) is 13.3 Å². The Labute approximate surface area is 125 Å². The monoisotopic (exact) mass is 279 g/mol. The number of likely N-dealkylation sites (tertiary alicyclic amines) is 1. The predicted molar refractivity (Wildman–Crippen MR) is 85.6 cm³/mol. The summed E-state index contributed by atoms with van der Waals surface area (Å²) < 4.78 is 0. The highest BCUT2D eigenvalue weighted by Crippen LogP contribution is 2.23. The van der Waals surface area contributed by atoms with E-state index in [0.29, 0.717) is 0 Å². The number of nitriles is 1. The quantitative estimate of drug-likeness (QED) is 0.689. The molecule has 0 radical (unpaired) electrons. The SMILES string of the molecule is CCCNC(C)(C#N)CCCCN1C(C)CCCC1C. The summed E-state index contributed by atoms with van der Waals surface area (Å²) in [5.74, 6) is 0. The maximum absolute atomic E-state index is 9.32. The van der Waals surface area contributed by atoms with Gasteiger partial charge in [0.15, 0.2) is 0 Å². The zero-order valence-electron chi connectivity index (χ0n) is 13.9. The van der Waals surface area contributed by atoms with Crippen LogP contribution in [0.3, 0.4) is 0 Å². The second-order valence-electron chi connectivity index (χ2n) is 6.69. The van der Waals surface area contributed by atoms with Crippen LogP contribution in [0.5, 0.6) is 0 Å². The van der Waals surface area contributed by atoms with Crippen molar-refractivity contribution in [2.24, 2.45) is 0 Å². The van der Waals surface area contributed by atoms with Crippen LogP contribution in [0.1, 0.15) is 72.6 Å². The first-order chi connectivity index (χ1) is 9.52. The molecule has 1 aliphatic heterocycles. The van der Waals surface area contributed by atoms with Gasteiger partial charge in [0.25, 0.3) is 0 Å². The number of hydrogen-bond donors (Lipinski definition) is 1. The molecule has 20 heavy (non-hydrogen) atoms. The molecule has 1 saturated heterocycles. The average molecular weight is 279 g/mol. The van der Waals surface area contributed by atoms with Crippen LogP contribution in [0, 0.1) is 11.3 Å². The molecule has 1 N–H and O–H groups in total. The van der Waals surface area contributed by atoms with Gasteiger partial charge in [-0.15, -0.1) is 0 Å². The highest BCUT2D eigenvalue weighted by atomic mass is 15.2. The molecule has 0 aromatic rings. The Bertz CT molecular complexity index is 300. The zero-order chi connectivity index (χ0) is 15.0. The summed E-state index contributed by atoms with van der Waals surface area (Å²) in [5.41, 5.74) is -0.338. The lowest BCUT2D eigenvalue weighted by Crippen LogP contribution is -2.44. The van der Waals surface area contributed by atoms with E-state index in [-0.39, 0.29) is 5.54 Å². The van der Waals surface area contributed by atoms with E-state index in [1.54, 1.807) is 0 Å². The van der Waals surface area contributed by atoms with E-state index in [4.69, 9.17) is 0 Å². The van der Waals surface area contributed by atoms with E-state index in [9.17, 15) is 5.26 Å². The van der Waals surface area contributed by atoms with Crippen molar-refractivity contribution in [3.05, 3.63) is 0 Å². The van der Waals surface area contributed by atoms with Crippen molar-refractivity contribution < 1.29 is 0 Å². The van der Waals surface area contributed by atoms with E-state index < -0.39 is 0 Å². The van der Waals surface area contributed by atoms with Gasteiger partial charge in [0, 0.05) is 12.1 Å². The van der Waals surface area contributed by atoms with Crippen LogP contribution in [0.15, 0.2) is 0 Å². The minimum atomic E-state index is -0.338. The molecule has 1 fully saturated rings. The first kappa shape index (κ1) is 17.5. The number of nitrogens with one attached hydrogen (secondary N) is 1. The lowest BCUT2D eigenvalue weighted by atomic mass is 9.94. The molecule has 3 heteroatoms. The van der Waals surface area contributed by atoms with Crippen LogP contribution >= 0.6 is 0 Å². The van der Waals surface area contributed by atoms with Crippen LogP contribution in [-0.2, 0) is 0 Å². The van der Waals surface area contributed by atoms with Gasteiger partial charge in [-0.2, -0.15) is 5.26 Å². The van der Waals surface area contributed by atoms with Gasteiger partial charge in [-0.25, -0.2) is 0 Å². The molecule has 0 amide bonds. The van der Waals surface area contributed by atoms with Crippen LogP contribution in [0.25, 0.3) is 0 Å². The molecule has 0 saturated carbocycles. The molecule has 0 aromatic heterocycles. The minimum Gasteiger partial charge on any atom is -0.300 e. The number of nitrogens with zero attached hydrogens (tertiary/aromatic N) is 2. The number of unbranched alkanes of at least 4 members (excludes halogenated alkanes) is 1. The molecule has 1 rings (SSSR count). The van der Waals surface area contributed by atoms with E-state index >= 15 is 0 Å². The lowest BCUT2D eigenvalue weighted by Gasteiger charge is -2.39. The fraction of sp³-hybridized carbons (Fsp3) is 0.941. The molecular weight excluding hydrogens is 246 g/mol. The topological polar surface area (TPSA) is 39.1 Å². The third-order valence-corrected chi connectivity index (χ3v) is 4.73. The predicted octanol–water partition coefficient (Wildman–Crippen LogP) is 3.70. The van der Waals surface area contributed by atoms with Crippen LogP contribution in [0.4, 0.5) is 0 Å². The summed E-state index contributed by atoms with van der Waals surface area (Å²) in [5, 5.41) is 12.7. The van der Waals surface area contributed by atoms with Gasteiger partial charge < -0.3 is 0 Å². The van der Waals surface area contributed by atoms with Crippen molar-refractivity contribution in [2.45, 2.75) is 90.3 Å². The largest absolute Gasteiger partial charge is 0.300 e. The first-order valence-electron chi connectivity index (χ1n) is 8.44. The third-order valence-electron chi connectivity index (χ3n) is 4.73.